The number of nitrogens with zero attached hydrogens (tertiary/aromatic N) is 1. The monoisotopic (exact) mass is 1030 g/mol. The number of amides is 2. The van der Waals surface area contributed by atoms with Crippen molar-refractivity contribution in [2.45, 2.75) is 94.3 Å². The van der Waals surface area contributed by atoms with Gasteiger partial charge in [-0.15, -0.1) is 0 Å². The van der Waals surface area contributed by atoms with E-state index >= 15 is 0 Å². The first kappa shape index (κ1) is 51.1. The van der Waals surface area contributed by atoms with Crippen LogP contribution in [0.5, 0.6) is 0 Å². The van der Waals surface area contributed by atoms with Crippen molar-refractivity contribution in [1.82, 2.24) is 4.72 Å². The molecule has 19 heteroatoms. The van der Waals surface area contributed by atoms with Crippen LogP contribution in [-0.2, 0) is 103 Å². The van der Waals surface area contributed by atoms with E-state index in [1.807, 2.05) is 0 Å². The molecule has 0 aromatic heterocycles. The molecule has 12 nitrogen and oxygen atoms in total. The Balaban J connectivity index is 0.000000157. The lowest BCUT2D eigenvalue weighted by Gasteiger charge is -2.16. The van der Waals surface area contributed by atoms with Gasteiger partial charge in [0, 0.05) is 31.4 Å². The molecule has 0 fully saturated rings. The van der Waals surface area contributed by atoms with Crippen molar-refractivity contribution in [3.63, 3.8) is 0 Å². The maximum Gasteiger partial charge on any atom is 0.332 e. The third-order valence-electron chi connectivity index (χ3n) is 11.4. The zero-order valence-electron chi connectivity index (χ0n) is 35.7. The number of aryl methyl sites for hydroxylation is 4. The van der Waals surface area contributed by atoms with Crippen molar-refractivity contribution >= 4 is 98.1 Å². The Labute approximate surface area is 405 Å². The van der Waals surface area contributed by atoms with Crippen molar-refractivity contribution < 1.29 is 34.8 Å². The van der Waals surface area contributed by atoms with Crippen LogP contribution in [0.2, 0.25) is 15.1 Å². The summed E-state index contributed by atoms with van der Waals surface area (Å²) in [5.74, 6) is -0.585. The van der Waals surface area contributed by atoms with E-state index in [1.165, 1.54) is 57.3 Å². The zero-order valence-corrected chi connectivity index (χ0v) is 41.2. The number of carbonyl (C=O) groups is 1. The normalized spacial score (nSPS) is 14.3. The van der Waals surface area contributed by atoms with E-state index in [0.717, 1.165) is 75.6 Å². The molecule has 5 aromatic carbocycles. The zero-order chi connectivity index (χ0) is 47.6. The fourth-order valence-electron chi connectivity index (χ4n) is 8.64. The van der Waals surface area contributed by atoms with Gasteiger partial charge in [-0.1, -0.05) is 83.3 Å². The van der Waals surface area contributed by atoms with Gasteiger partial charge < -0.3 is 5.32 Å². The van der Waals surface area contributed by atoms with Gasteiger partial charge in [0.1, 0.15) is 0 Å². The van der Waals surface area contributed by atoms with Crippen molar-refractivity contribution in [1.29, 1.82) is 0 Å². The number of hydrogen-bond acceptors (Lipinski definition) is 9. The number of rotatable bonds is 9. The maximum absolute atomic E-state index is 12.4. The van der Waals surface area contributed by atoms with Gasteiger partial charge in [-0.25, -0.2) is 44.7 Å². The van der Waals surface area contributed by atoms with Gasteiger partial charge >= 0.3 is 6.03 Å². The average molecular weight is 1030 g/mol. The maximum atomic E-state index is 12.4. The average Bonchev–Trinajstić information content (AvgIpc) is 4.08. The quantitative estimate of drug-likeness (QED) is 0.0736. The standard InChI is InChI=1S/C20H21ClN2O3S.C13H13NO.C7H6Cl2O2S.C7H8ClNO2S/c21-16-9-7-13(8-10-16)12-27(25,26)23-20(24)22-19-17-5-1-3-14(17)11-15-4-2-6-18(15)19;15-8-14-13-11-5-1-3-9(11)7-10-4-2-6-12(10)13;2*8-7-3-1-6(2-4-7)5-12(9,10)11/h7-11H,1-6,12H2,(H2,22,23,24);7H,1-6H2;1-4H,5H2;1-4H,5H2,(H2,9,10,11). The van der Waals surface area contributed by atoms with Gasteiger partial charge in [-0.3, -0.25) is 0 Å². The minimum absolute atomic E-state index is 0.149. The molecule has 4 aliphatic carbocycles. The van der Waals surface area contributed by atoms with E-state index in [-0.39, 0.29) is 17.3 Å². The molecule has 0 radical (unpaired) electrons. The predicted octanol–water partition coefficient (Wildman–Crippen LogP) is 10.1. The van der Waals surface area contributed by atoms with Crippen LogP contribution >= 0.6 is 45.5 Å². The first-order valence-electron chi connectivity index (χ1n) is 21.1. The fraction of sp³-hybridized carbons (Fsp3) is 0.319. The van der Waals surface area contributed by atoms with Gasteiger partial charge in [0.15, 0.2) is 0 Å². The molecule has 0 spiro atoms. The number of nitrogens with two attached hydrogens (primary N) is 1. The minimum atomic E-state index is -3.80. The number of sulfonamides is 2. The molecule has 0 saturated carbocycles. The van der Waals surface area contributed by atoms with E-state index in [1.54, 1.807) is 78.9 Å². The van der Waals surface area contributed by atoms with E-state index in [4.69, 9.17) is 50.6 Å². The molecule has 2 amide bonds. The highest BCUT2D eigenvalue weighted by molar-refractivity contribution is 8.13. The lowest BCUT2D eigenvalue weighted by atomic mass is 9.99. The van der Waals surface area contributed by atoms with Crippen LogP contribution in [0.4, 0.5) is 16.2 Å². The number of halogens is 4. The summed E-state index contributed by atoms with van der Waals surface area (Å²) in [6, 6.07) is 23.5. The number of primary sulfonamides is 1. The number of hydrogen-bond donors (Lipinski definition) is 3. The van der Waals surface area contributed by atoms with E-state index < -0.39 is 35.1 Å². The number of fused-ring (bicyclic) bond motifs is 4. The Morgan fingerprint density at radius 2 is 0.924 bits per heavy atom. The van der Waals surface area contributed by atoms with E-state index in [0.29, 0.717) is 31.8 Å². The summed E-state index contributed by atoms with van der Waals surface area (Å²) < 4.78 is 69.3. The molecule has 0 bridgehead atoms. The van der Waals surface area contributed by atoms with Crippen molar-refractivity contribution in [3.8, 4) is 0 Å². The van der Waals surface area contributed by atoms with Crippen LogP contribution < -0.4 is 15.2 Å². The smallest absolute Gasteiger partial charge is 0.307 e. The summed E-state index contributed by atoms with van der Waals surface area (Å²) in [5, 5.41) is 9.38. The van der Waals surface area contributed by atoms with Gasteiger partial charge in [-0.05, 0) is 175 Å². The summed E-state index contributed by atoms with van der Waals surface area (Å²) >= 11 is 17.0. The van der Waals surface area contributed by atoms with Crippen LogP contribution in [0.15, 0.2) is 89.9 Å². The Hall–Kier alpha value is -4.28. The van der Waals surface area contributed by atoms with Crippen LogP contribution in [0, 0.1) is 0 Å². The summed E-state index contributed by atoms with van der Waals surface area (Å²) in [6.45, 7) is 0. The molecule has 66 heavy (non-hydrogen) atoms. The van der Waals surface area contributed by atoms with Crippen LogP contribution in [-0.4, -0.2) is 37.4 Å². The fourth-order valence-corrected chi connectivity index (χ4v) is 11.7. The summed E-state index contributed by atoms with van der Waals surface area (Å²) in [7, 11) is -5.65. The second kappa shape index (κ2) is 22.7. The number of benzene rings is 5. The number of nitrogens with one attached hydrogen (secondary N) is 2. The Morgan fingerprint density at radius 3 is 1.30 bits per heavy atom. The molecule has 0 saturated heterocycles. The topological polar surface area (TPSA) is 199 Å². The van der Waals surface area contributed by atoms with Crippen molar-refractivity contribution in [3.05, 3.63) is 161 Å². The number of aliphatic imine (C=N–C) groups is 1. The first-order valence-corrected chi connectivity index (χ1v) is 28.1. The largest absolute Gasteiger partial charge is 0.332 e. The third-order valence-corrected chi connectivity index (χ3v) is 15.1. The molecule has 0 heterocycles. The Morgan fingerprint density at radius 1 is 0.561 bits per heavy atom. The number of urea groups is 1. The van der Waals surface area contributed by atoms with Crippen LogP contribution in [0.25, 0.3) is 0 Å². The number of isocyanates is 1. The summed E-state index contributed by atoms with van der Waals surface area (Å²) in [6.07, 6.45) is 14.7. The molecule has 0 atom stereocenters. The molecule has 9 rings (SSSR count). The second-order valence-corrected chi connectivity index (χ2v) is 23.8. The van der Waals surface area contributed by atoms with Gasteiger partial charge in [0.2, 0.25) is 35.2 Å². The molecular weight excluding hydrogens is 987 g/mol. The van der Waals surface area contributed by atoms with E-state index in [2.05, 4.69) is 27.2 Å². The lowest BCUT2D eigenvalue weighted by molar-refractivity contribution is 0.256. The highest BCUT2D eigenvalue weighted by atomic mass is 35.7. The van der Waals surface area contributed by atoms with Gasteiger partial charge in [0.25, 0.3) is 0 Å². The van der Waals surface area contributed by atoms with Crippen molar-refractivity contribution in [2.75, 3.05) is 5.32 Å². The molecule has 350 valence electrons. The lowest BCUT2D eigenvalue weighted by Crippen LogP contribution is -2.35. The van der Waals surface area contributed by atoms with E-state index in [9.17, 15) is 34.8 Å². The molecular formula is C47H48Cl4N4O8S3. The second-order valence-electron chi connectivity index (χ2n) is 16.3. The summed E-state index contributed by atoms with van der Waals surface area (Å²) in [5.41, 5.74) is 14.0. The Kier molecular flexibility index (Phi) is 17.6. The minimum Gasteiger partial charge on any atom is -0.307 e. The predicted molar refractivity (Wildman–Crippen MR) is 263 cm³/mol. The van der Waals surface area contributed by atoms with Gasteiger partial charge in [0.05, 0.1) is 22.9 Å². The highest BCUT2D eigenvalue weighted by Crippen LogP contribution is 2.40. The number of anilines is 1. The van der Waals surface area contributed by atoms with Crippen molar-refractivity contribution in [2.24, 2.45) is 10.1 Å². The SMILES string of the molecule is NS(=O)(=O)Cc1ccc(Cl)cc1.O=C(Nc1c2c(cc3c1CCC3)CCC2)NS(=O)(=O)Cc1ccc(Cl)cc1.O=C=Nc1c2c(cc3c1CCC3)CCC2.O=S(=O)(Cl)Cc1ccc(Cl)cc1. The Bertz CT molecular complexity index is 2830. The highest BCUT2D eigenvalue weighted by Gasteiger charge is 2.27. The van der Waals surface area contributed by atoms with Crippen LogP contribution in [0.3, 0.4) is 0 Å². The van der Waals surface area contributed by atoms with Gasteiger partial charge in [-0.2, -0.15) is 4.99 Å². The number of carbonyl (C=O) groups excluding carboxylic acids is 2. The summed E-state index contributed by atoms with van der Waals surface area (Å²) in [4.78, 5) is 26.9. The molecule has 4 aliphatic rings. The molecule has 5 aromatic rings. The molecule has 0 aliphatic heterocycles. The molecule has 0 unspecified atom stereocenters. The molecule has 4 N–H and O–H groups in total. The third kappa shape index (κ3) is 15.1. The first-order chi connectivity index (χ1) is 31.3. The van der Waals surface area contributed by atoms with Crippen LogP contribution in [0.1, 0.15) is 86.9 Å².